The maximum Gasteiger partial charge on any atom is 0.250 e. The first-order chi connectivity index (χ1) is 15.8. The number of carbonyl (C=O) groups excluding carboxylic acids is 1. The molecule has 0 aromatic carbocycles. The smallest absolute Gasteiger partial charge is 0.250 e. The topological polar surface area (TPSA) is 100 Å². The zero-order chi connectivity index (χ0) is 24.0. The van der Waals surface area contributed by atoms with Crippen molar-refractivity contribution in [2.45, 2.75) is 38.7 Å². The first-order valence-electron chi connectivity index (χ1n) is 10.5. The van der Waals surface area contributed by atoms with Crippen molar-refractivity contribution in [2.24, 2.45) is 0 Å². The van der Waals surface area contributed by atoms with Crippen molar-refractivity contribution in [1.82, 2.24) is 15.3 Å². The number of anilines is 1. The Kier molecular flexibility index (Phi) is 7.55. The van der Waals surface area contributed by atoms with Crippen LogP contribution in [0.3, 0.4) is 0 Å². The van der Waals surface area contributed by atoms with Gasteiger partial charge in [-0.25, -0.2) is 18.7 Å². The van der Waals surface area contributed by atoms with Crippen molar-refractivity contribution in [1.29, 1.82) is 5.26 Å². The van der Waals surface area contributed by atoms with E-state index in [1.165, 1.54) is 19.5 Å². The second-order valence-corrected chi connectivity index (χ2v) is 7.56. The number of nitriles is 1. The molecule has 1 fully saturated rings. The van der Waals surface area contributed by atoms with Crippen LogP contribution in [-0.4, -0.2) is 36.1 Å². The molecule has 1 amide bonds. The predicted molar refractivity (Wildman–Crippen MR) is 116 cm³/mol. The van der Waals surface area contributed by atoms with E-state index in [-0.39, 0.29) is 18.1 Å². The molecule has 0 unspecified atom stereocenters. The number of nitrogens with one attached hydrogen (secondary N) is 1. The lowest BCUT2D eigenvalue weighted by Crippen LogP contribution is -2.42. The molecule has 0 radical (unpaired) electrons. The largest absolute Gasteiger partial charge is 0.479 e. The molecule has 2 aromatic heterocycles. The molecule has 1 aliphatic rings. The third-order valence-electron chi connectivity index (χ3n) is 5.57. The molecule has 2 aromatic rings. The molecule has 0 aliphatic heterocycles. The summed E-state index contributed by atoms with van der Waals surface area (Å²) in [4.78, 5) is 22.1. The fraction of sp³-hybridized carbons (Fsp3) is 0.391. The Morgan fingerprint density at radius 3 is 2.64 bits per heavy atom. The SMILES string of the molecule is CCN(/C(C)=C/NC(=O)COC1(c2c(F)cnc(OC)c2F)CCC1)c1ccc(C#N)cn1. The lowest BCUT2D eigenvalue weighted by Gasteiger charge is -2.42. The zero-order valence-electron chi connectivity index (χ0n) is 18.7. The Morgan fingerprint density at radius 1 is 1.33 bits per heavy atom. The first-order valence-corrected chi connectivity index (χ1v) is 10.5. The maximum atomic E-state index is 14.7. The lowest BCUT2D eigenvalue weighted by molar-refractivity contribution is -0.144. The molecule has 8 nitrogen and oxygen atoms in total. The Bertz CT molecular complexity index is 1080. The van der Waals surface area contributed by atoms with Crippen molar-refractivity contribution >= 4 is 11.7 Å². The molecule has 1 N–H and O–H groups in total. The number of allylic oxidation sites excluding steroid dienone is 1. The number of ether oxygens (including phenoxy) is 2. The highest BCUT2D eigenvalue weighted by molar-refractivity contribution is 5.78. The molecular weight excluding hydrogens is 432 g/mol. The van der Waals surface area contributed by atoms with E-state index in [9.17, 15) is 13.6 Å². The van der Waals surface area contributed by atoms with Gasteiger partial charge >= 0.3 is 0 Å². The molecule has 0 spiro atoms. The Hall–Kier alpha value is -3.58. The summed E-state index contributed by atoms with van der Waals surface area (Å²) in [7, 11) is 1.25. The summed E-state index contributed by atoms with van der Waals surface area (Å²) in [6.45, 7) is 3.92. The van der Waals surface area contributed by atoms with Gasteiger partial charge in [0.05, 0.1) is 30.0 Å². The monoisotopic (exact) mass is 457 g/mol. The maximum absolute atomic E-state index is 14.7. The van der Waals surface area contributed by atoms with Crippen molar-refractivity contribution in [3.63, 3.8) is 0 Å². The molecule has 2 heterocycles. The fourth-order valence-electron chi connectivity index (χ4n) is 3.68. The first kappa shape index (κ1) is 24.1. The normalized spacial score (nSPS) is 14.7. The second-order valence-electron chi connectivity index (χ2n) is 7.56. The summed E-state index contributed by atoms with van der Waals surface area (Å²) in [5, 5.41) is 11.6. The predicted octanol–water partition coefficient (Wildman–Crippen LogP) is 3.53. The molecule has 3 rings (SSSR count). The van der Waals surface area contributed by atoms with E-state index in [2.05, 4.69) is 15.3 Å². The third-order valence-corrected chi connectivity index (χ3v) is 5.57. The van der Waals surface area contributed by atoms with Crippen LogP contribution in [0, 0.1) is 23.0 Å². The van der Waals surface area contributed by atoms with E-state index in [1.807, 2.05) is 17.9 Å². The molecule has 0 atom stereocenters. The highest BCUT2D eigenvalue weighted by atomic mass is 19.1. The van der Waals surface area contributed by atoms with Gasteiger partial charge in [0.15, 0.2) is 11.6 Å². The van der Waals surface area contributed by atoms with E-state index in [4.69, 9.17) is 14.7 Å². The summed E-state index contributed by atoms with van der Waals surface area (Å²) in [6.07, 6.45) is 5.35. The van der Waals surface area contributed by atoms with E-state index in [0.717, 1.165) is 6.20 Å². The van der Waals surface area contributed by atoms with Crippen molar-refractivity contribution in [3.05, 3.63) is 59.2 Å². The minimum Gasteiger partial charge on any atom is -0.479 e. The second kappa shape index (κ2) is 10.4. The molecule has 33 heavy (non-hydrogen) atoms. The van der Waals surface area contributed by atoms with Crippen LogP contribution >= 0.6 is 0 Å². The summed E-state index contributed by atoms with van der Waals surface area (Å²) in [6, 6.07) is 5.40. The van der Waals surface area contributed by atoms with Crippen LogP contribution in [0.2, 0.25) is 0 Å². The van der Waals surface area contributed by atoms with Gasteiger partial charge < -0.3 is 19.7 Å². The highest BCUT2D eigenvalue weighted by Crippen LogP contribution is 2.47. The number of aromatic nitrogens is 2. The van der Waals surface area contributed by atoms with E-state index in [1.54, 1.807) is 19.1 Å². The van der Waals surface area contributed by atoms with Crippen LogP contribution < -0.4 is 15.0 Å². The van der Waals surface area contributed by atoms with E-state index < -0.39 is 23.1 Å². The quantitative estimate of drug-likeness (QED) is 0.615. The number of carbonyl (C=O) groups is 1. The number of hydrogen-bond acceptors (Lipinski definition) is 7. The van der Waals surface area contributed by atoms with Crippen molar-refractivity contribution < 1.29 is 23.0 Å². The van der Waals surface area contributed by atoms with Gasteiger partial charge in [-0.1, -0.05) is 0 Å². The molecule has 1 aliphatic carbocycles. The van der Waals surface area contributed by atoms with Gasteiger partial charge in [-0.05, 0) is 45.2 Å². The van der Waals surface area contributed by atoms with Crippen LogP contribution in [0.5, 0.6) is 5.88 Å². The van der Waals surface area contributed by atoms with Gasteiger partial charge in [-0.3, -0.25) is 4.79 Å². The highest BCUT2D eigenvalue weighted by Gasteiger charge is 2.45. The number of nitrogens with zero attached hydrogens (tertiary/aromatic N) is 4. The van der Waals surface area contributed by atoms with Gasteiger partial charge in [-0.15, -0.1) is 0 Å². The van der Waals surface area contributed by atoms with E-state index >= 15 is 0 Å². The van der Waals surface area contributed by atoms with Gasteiger partial charge in [0.25, 0.3) is 5.88 Å². The van der Waals surface area contributed by atoms with Crippen LogP contribution in [0.15, 0.2) is 36.4 Å². The number of rotatable bonds is 9. The molecular formula is C23H25F2N5O3. The summed E-state index contributed by atoms with van der Waals surface area (Å²) in [5.74, 6) is -1.91. The number of halogens is 2. The lowest BCUT2D eigenvalue weighted by atomic mass is 9.74. The fourth-order valence-corrected chi connectivity index (χ4v) is 3.68. The van der Waals surface area contributed by atoms with Crippen LogP contribution in [0.25, 0.3) is 0 Å². The number of methoxy groups -OCH3 is 1. The van der Waals surface area contributed by atoms with Gasteiger partial charge in [-0.2, -0.15) is 5.26 Å². The molecule has 1 saturated carbocycles. The van der Waals surface area contributed by atoms with Gasteiger partial charge in [0, 0.05) is 24.6 Å². The van der Waals surface area contributed by atoms with Crippen LogP contribution in [0.1, 0.15) is 44.2 Å². The number of hydrogen-bond donors (Lipinski definition) is 1. The number of amides is 1. The van der Waals surface area contributed by atoms with Gasteiger partial charge in [0.2, 0.25) is 5.91 Å². The average Bonchev–Trinajstić information content (AvgIpc) is 2.79. The summed E-state index contributed by atoms with van der Waals surface area (Å²) < 4.78 is 39.7. The average molecular weight is 457 g/mol. The van der Waals surface area contributed by atoms with Gasteiger partial charge in [0.1, 0.15) is 18.5 Å². The number of pyridine rings is 2. The Morgan fingerprint density at radius 2 is 2.09 bits per heavy atom. The summed E-state index contributed by atoms with van der Waals surface area (Å²) >= 11 is 0. The van der Waals surface area contributed by atoms with Crippen molar-refractivity contribution in [3.8, 4) is 11.9 Å². The minimum atomic E-state index is -1.23. The standard InChI is InChI=1S/C23H25F2N5O3/c1-4-30(18-7-6-16(10-26)12-27-18)15(2)11-28-19(31)14-33-23(8-5-9-23)20-17(24)13-29-22(32-3)21(20)25/h6-7,11-13H,4-5,8-9,14H2,1-3H3,(H,28,31)/b15-11+. The van der Waals surface area contributed by atoms with Crippen LogP contribution in [-0.2, 0) is 15.1 Å². The molecule has 0 bridgehead atoms. The summed E-state index contributed by atoms with van der Waals surface area (Å²) in [5.41, 5.74) is -0.337. The Balaban J connectivity index is 1.67. The van der Waals surface area contributed by atoms with Crippen LogP contribution in [0.4, 0.5) is 14.6 Å². The zero-order valence-corrected chi connectivity index (χ0v) is 18.7. The molecule has 0 saturated heterocycles. The van der Waals surface area contributed by atoms with Crippen molar-refractivity contribution in [2.75, 3.05) is 25.2 Å². The molecule has 174 valence electrons. The minimum absolute atomic E-state index is 0.260. The molecule has 10 heteroatoms. The van der Waals surface area contributed by atoms with E-state index in [0.29, 0.717) is 42.9 Å². The Labute approximate surface area is 190 Å². The third kappa shape index (κ3) is 5.09.